The predicted octanol–water partition coefficient (Wildman–Crippen LogP) is 2.91. The summed E-state index contributed by atoms with van der Waals surface area (Å²) in [6, 6.07) is 0. The van der Waals surface area contributed by atoms with Gasteiger partial charge in [0.15, 0.2) is 0 Å². The number of nitrogens with zero attached hydrogens (tertiary/aromatic N) is 1. The molecule has 0 aliphatic rings. The summed E-state index contributed by atoms with van der Waals surface area (Å²) in [4.78, 5) is 3.76. The highest BCUT2D eigenvalue weighted by atomic mass is 14.8. The molecular weight excluding hydrogens is 172 g/mol. The molecule has 2 heteroatoms. The molecule has 0 bridgehead atoms. The lowest BCUT2D eigenvalue weighted by molar-refractivity contribution is 0.566. The Labute approximate surface area is 89.5 Å². The topological polar surface area (TPSA) is 24.4 Å². The number of allylic oxidation sites excluding steroid dienone is 2. The fourth-order valence-electron chi connectivity index (χ4n) is 0.716. The van der Waals surface area contributed by atoms with Crippen molar-refractivity contribution in [2.24, 2.45) is 10.9 Å². The molecule has 0 heterocycles. The van der Waals surface area contributed by atoms with Crippen molar-refractivity contribution in [2.45, 2.75) is 34.1 Å². The summed E-state index contributed by atoms with van der Waals surface area (Å²) in [6.45, 7) is 10.9. The average molecular weight is 198 g/mol. The minimum Gasteiger partial charge on any atom is -0.317 e. The first kappa shape index (κ1) is 15.8. The minimum absolute atomic E-state index is 0.792. The Balaban J connectivity index is 0. The maximum atomic E-state index is 3.76. The highest BCUT2D eigenvalue weighted by molar-refractivity contribution is 5.70. The van der Waals surface area contributed by atoms with Crippen LogP contribution in [0.15, 0.2) is 17.1 Å². The predicted molar refractivity (Wildman–Crippen MR) is 67.2 cm³/mol. The fraction of sp³-hybridized carbons (Fsp3) is 0.750. The Bertz CT molecular complexity index is 137. The van der Waals surface area contributed by atoms with Gasteiger partial charge in [-0.1, -0.05) is 33.8 Å². The second-order valence-corrected chi connectivity index (χ2v) is 3.45. The van der Waals surface area contributed by atoms with E-state index in [9.17, 15) is 0 Å². The number of hydrogen-bond acceptors (Lipinski definition) is 2. The van der Waals surface area contributed by atoms with Gasteiger partial charge >= 0.3 is 0 Å². The van der Waals surface area contributed by atoms with E-state index in [2.05, 4.69) is 44.1 Å². The van der Waals surface area contributed by atoms with Crippen LogP contribution in [0, 0.1) is 5.92 Å². The van der Waals surface area contributed by atoms with Gasteiger partial charge in [-0.2, -0.15) is 0 Å². The first-order chi connectivity index (χ1) is 6.68. The molecule has 0 fully saturated rings. The maximum absolute atomic E-state index is 3.76. The molecule has 0 spiro atoms. The van der Waals surface area contributed by atoms with Crippen LogP contribution >= 0.6 is 0 Å². The van der Waals surface area contributed by atoms with Gasteiger partial charge in [-0.05, 0) is 31.5 Å². The molecule has 0 aromatic heterocycles. The highest BCUT2D eigenvalue weighted by Crippen LogP contribution is 1.84. The summed E-state index contributed by atoms with van der Waals surface area (Å²) >= 11 is 0. The molecular formula is C12H26N2. The van der Waals surface area contributed by atoms with E-state index in [1.165, 1.54) is 0 Å². The Morgan fingerprint density at radius 3 is 2.21 bits per heavy atom. The van der Waals surface area contributed by atoms with Crippen LogP contribution in [0.3, 0.4) is 0 Å². The molecule has 0 aromatic rings. The third-order valence-electron chi connectivity index (χ3n) is 1.41. The lowest BCUT2D eigenvalue weighted by atomic mass is 10.2. The monoisotopic (exact) mass is 198 g/mol. The molecule has 0 saturated carbocycles. The normalized spacial score (nSPS) is 11.0. The second-order valence-electron chi connectivity index (χ2n) is 3.45. The lowest BCUT2D eigenvalue weighted by Gasteiger charge is -2.01. The molecule has 1 N–H and O–H groups in total. The van der Waals surface area contributed by atoms with Crippen LogP contribution in [0.5, 0.6) is 0 Å². The van der Waals surface area contributed by atoms with Crippen molar-refractivity contribution < 1.29 is 0 Å². The Morgan fingerprint density at radius 2 is 1.93 bits per heavy atom. The molecule has 14 heavy (non-hydrogen) atoms. The first-order valence-corrected chi connectivity index (χ1v) is 5.46. The van der Waals surface area contributed by atoms with E-state index in [0.29, 0.717) is 0 Å². The SMILES string of the molecule is CC/C=C\C=NC.CCNCC(C)C. The van der Waals surface area contributed by atoms with Gasteiger partial charge in [0.2, 0.25) is 0 Å². The minimum atomic E-state index is 0.792. The van der Waals surface area contributed by atoms with Crippen LogP contribution < -0.4 is 5.32 Å². The van der Waals surface area contributed by atoms with Crippen molar-refractivity contribution in [1.82, 2.24) is 5.32 Å². The Hall–Kier alpha value is -0.630. The zero-order chi connectivity index (χ0) is 11.2. The summed E-state index contributed by atoms with van der Waals surface area (Å²) in [5, 5.41) is 3.25. The zero-order valence-electron chi connectivity index (χ0n) is 10.4. The quantitative estimate of drug-likeness (QED) is 0.675. The summed E-state index contributed by atoms with van der Waals surface area (Å²) < 4.78 is 0. The molecule has 0 aliphatic carbocycles. The summed E-state index contributed by atoms with van der Waals surface area (Å²) in [5.41, 5.74) is 0. The van der Waals surface area contributed by atoms with Gasteiger partial charge in [0, 0.05) is 13.3 Å². The van der Waals surface area contributed by atoms with Crippen LogP contribution in [-0.4, -0.2) is 26.4 Å². The van der Waals surface area contributed by atoms with Gasteiger partial charge in [0.05, 0.1) is 0 Å². The van der Waals surface area contributed by atoms with E-state index in [4.69, 9.17) is 0 Å². The van der Waals surface area contributed by atoms with Gasteiger partial charge in [-0.15, -0.1) is 0 Å². The molecule has 84 valence electrons. The first-order valence-electron chi connectivity index (χ1n) is 5.46. The summed E-state index contributed by atoms with van der Waals surface area (Å²) in [6.07, 6.45) is 6.88. The molecule has 0 radical (unpaired) electrons. The van der Waals surface area contributed by atoms with E-state index in [0.717, 1.165) is 25.4 Å². The molecule has 0 aromatic carbocycles. The van der Waals surface area contributed by atoms with Crippen molar-refractivity contribution in [3.05, 3.63) is 12.2 Å². The van der Waals surface area contributed by atoms with Crippen molar-refractivity contribution in [3.63, 3.8) is 0 Å². The van der Waals surface area contributed by atoms with Crippen LogP contribution in [0.1, 0.15) is 34.1 Å². The highest BCUT2D eigenvalue weighted by Gasteiger charge is 1.86. The van der Waals surface area contributed by atoms with Gasteiger partial charge in [0.25, 0.3) is 0 Å². The smallest absolute Gasteiger partial charge is 0.0277 e. The van der Waals surface area contributed by atoms with E-state index < -0.39 is 0 Å². The molecule has 0 saturated heterocycles. The third-order valence-corrected chi connectivity index (χ3v) is 1.41. The number of hydrogen-bond donors (Lipinski definition) is 1. The van der Waals surface area contributed by atoms with E-state index in [1.807, 2.05) is 6.08 Å². The van der Waals surface area contributed by atoms with Crippen LogP contribution in [0.4, 0.5) is 0 Å². The second kappa shape index (κ2) is 14.9. The Kier molecular flexibility index (Phi) is 16.8. The number of rotatable bonds is 5. The number of nitrogens with one attached hydrogen (secondary N) is 1. The summed E-state index contributed by atoms with van der Waals surface area (Å²) in [5.74, 6) is 0.792. The molecule has 2 nitrogen and oxygen atoms in total. The van der Waals surface area contributed by atoms with Crippen molar-refractivity contribution >= 4 is 6.21 Å². The van der Waals surface area contributed by atoms with Gasteiger partial charge in [0.1, 0.15) is 0 Å². The Morgan fingerprint density at radius 1 is 1.29 bits per heavy atom. The molecule has 0 atom stereocenters. The van der Waals surface area contributed by atoms with E-state index in [1.54, 1.807) is 13.3 Å². The van der Waals surface area contributed by atoms with E-state index >= 15 is 0 Å². The van der Waals surface area contributed by atoms with Crippen molar-refractivity contribution in [2.75, 3.05) is 20.1 Å². The molecule has 0 amide bonds. The summed E-state index contributed by atoms with van der Waals surface area (Å²) in [7, 11) is 1.76. The van der Waals surface area contributed by atoms with Crippen molar-refractivity contribution in [3.8, 4) is 0 Å². The zero-order valence-corrected chi connectivity index (χ0v) is 10.4. The molecule has 0 aliphatic heterocycles. The van der Waals surface area contributed by atoms with Crippen LogP contribution in [-0.2, 0) is 0 Å². The van der Waals surface area contributed by atoms with Gasteiger partial charge < -0.3 is 5.32 Å². The average Bonchev–Trinajstić information content (AvgIpc) is 2.16. The van der Waals surface area contributed by atoms with Gasteiger partial charge in [-0.3, -0.25) is 4.99 Å². The standard InChI is InChI=1S/C6H15N.C6H11N/c1-4-7-5-6(2)3;1-3-4-5-6-7-2/h6-7H,4-5H2,1-3H3;4-6H,3H2,1-2H3/b;5-4-,7-6?. The van der Waals surface area contributed by atoms with Crippen molar-refractivity contribution in [1.29, 1.82) is 0 Å². The van der Waals surface area contributed by atoms with Crippen LogP contribution in [0.2, 0.25) is 0 Å². The van der Waals surface area contributed by atoms with Crippen LogP contribution in [0.25, 0.3) is 0 Å². The lowest BCUT2D eigenvalue weighted by Crippen LogP contribution is -2.18. The fourth-order valence-corrected chi connectivity index (χ4v) is 0.716. The maximum Gasteiger partial charge on any atom is 0.0277 e. The third kappa shape index (κ3) is 22.5. The largest absolute Gasteiger partial charge is 0.317 e. The number of aliphatic imine (C=N–C) groups is 1. The molecule has 0 unspecified atom stereocenters. The van der Waals surface area contributed by atoms with E-state index in [-0.39, 0.29) is 0 Å². The van der Waals surface area contributed by atoms with Gasteiger partial charge in [-0.25, -0.2) is 0 Å². The molecule has 0 rings (SSSR count).